The monoisotopic (exact) mass is 306 g/mol. The van der Waals surface area contributed by atoms with Crippen molar-refractivity contribution < 1.29 is 0 Å². The summed E-state index contributed by atoms with van der Waals surface area (Å²) >= 11 is 6.08. The van der Waals surface area contributed by atoms with E-state index in [4.69, 9.17) is 11.6 Å². The van der Waals surface area contributed by atoms with Gasteiger partial charge in [0.15, 0.2) is 0 Å². The largest absolute Gasteiger partial charge is 0.313 e. The molecule has 1 N–H and O–H groups in total. The number of piperidine rings is 1. The fourth-order valence-electron chi connectivity index (χ4n) is 3.54. The maximum atomic E-state index is 6.08. The smallest absolute Gasteiger partial charge is 0.0408 e. The highest BCUT2D eigenvalue weighted by molar-refractivity contribution is 6.30. The molecule has 0 amide bonds. The number of rotatable bonds is 4. The highest BCUT2D eigenvalue weighted by atomic mass is 35.5. The summed E-state index contributed by atoms with van der Waals surface area (Å²) in [5.41, 5.74) is 1.90. The Morgan fingerprint density at radius 2 is 2.00 bits per heavy atom. The van der Waals surface area contributed by atoms with E-state index < -0.39 is 0 Å². The molecular weight excluding hydrogens is 280 g/mol. The van der Waals surface area contributed by atoms with Gasteiger partial charge in [0.05, 0.1) is 0 Å². The van der Waals surface area contributed by atoms with Crippen LogP contribution >= 0.6 is 11.6 Å². The fourth-order valence-corrected chi connectivity index (χ4v) is 3.74. The molecule has 0 bridgehead atoms. The van der Waals surface area contributed by atoms with Crippen LogP contribution in [0.3, 0.4) is 0 Å². The molecule has 1 aromatic rings. The van der Waals surface area contributed by atoms with Gasteiger partial charge in [0, 0.05) is 17.6 Å². The van der Waals surface area contributed by atoms with Crippen molar-refractivity contribution in [3.63, 3.8) is 0 Å². The zero-order valence-corrected chi connectivity index (χ0v) is 14.0. The van der Waals surface area contributed by atoms with Crippen LogP contribution in [0.5, 0.6) is 0 Å². The first-order valence-electron chi connectivity index (χ1n) is 8.21. The minimum Gasteiger partial charge on any atom is -0.313 e. The SMILES string of the molecule is CN1CCC(C)(CNC2CC(c3cccc(Cl)c3)C2)CC1. The average Bonchev–Trinajstić information content (AvgIpc) is 2.41. The first-order chi connectivity index (χ1) is 10.0. The molecule has 0 radical (unpaired) electrons. The Morgan fingerprint density at radius 1 is 1.29 bits per heavy atom. The first-order valence-corrected chi connectivity index (χ1v) is 8.59. The van der Waals surface area contributed by atoms with Crippen LogP contribution in [0, 0.1) is 5.41 Å². The van der Waals surface area contributed by atoms with Crippen LogP contribution in [-0.2, 0) is 0 Å². The predicted molar refractivity (Wildman–Crippen MR) is 90.1 cm³/mol. The molecule has 2 nitrogen and oxygen atoms in total. The Balaban J connectivity index is 1.43. The molecule has 1 saturated carbocycles. The van der Waals surface area contributed by atoms with Gasteiger partial charge in [-0.1, -0.05) is 30.7 Å². The Kier molecular flexibility index (Phi) is 4.58. The lowest BCUT2D eigenvalue weighted by Gasteiger charge is -2.42. The maximum Gasteiger partial charge on any atom is 0.0408 e. The van der Waals surface area contributed by atoms with E-state index in [2.05, 4.69) is 42.4 Å². The summed E-state index contributed by atoms with van der Waals surface area (Å²) in [6.07, 6.45) is 5.16. The van der Waals surface area contributed by atoms with Crippen molar-refractivity contribution in [2.45, 2.75) is 44.6 Å². The number of benzene rings is 1. The molecule has 21 heavy (non-hydrogen) atoms. The van der Waals surface area contributed by atoms with Crippen molar-refractivity contribution in [2.24, 2.45) is 5.41 Å². The molecule has 1 aliphatic heterocycles. The van der Waals surface area contributed by atoms with Crippen molar-refractivity contribution in [3.8, 4) is 0 Å². The third-order valence-electron chi connectivity index (χ3n) is 5.47. The van der Waals surface area contributed by atoms with Crippen LogP contribution in [0.1, 0.15) is 44.1 Å². The predicted octanol–water partition coefficient (Wildman–Crippen LogP) is 3.91. The minimum atomic E-state index is 0.494. The van der Waals surface area contributed by atoms with E-state index in [-0.39, 0.29) is 0 Å². The molecule has 1 saturated heterocycles. The highest BCUT2D eigenvalue weighted by Crippen LogP contribution is 2.38. The third kappa shape index (κ3) is 3.80. The number of nitrogens with one attached hydrogen (secondary N) is 1. The summed E-state index contributed by atoms with van der Waals surface area (Å²) in [6, 6.07) is 9.06. The Bertz CT molecular complexity index is 474. The number of likely N-dealkylation sites (tertiary alicyclic amines) is 1. The van der Waals surface area contributed by atoms with Crippen molar-refractivity contribution >= 4 is 11.6 Å². The zero-order valence-electron chi connectivity index (χ0n) is 13.2. The summed E-state index contributed by atoms with van der Waals surface area (Å²) in [5.74, 6) is 0.700. The summed E-state index contributed by atoms with van der Waals surface area (Å²) < 4.78 is 0. The standard InChI is InChI=1S/C18H27ClN2/c1-18(6-8-21(2)9-7-18)13-20-17-11-15(12-17)14-4-3-5-16(19)10-14/h3-5,10,15,17,20H,6-9,11-13H2,1-2H3. The summed E-state index contributed by atoms with van der Waals surface area (Å²) in [6.45, 7) is 6.11. The number of halogens is 1. The molecule has 3 heteroatoms. The lowest BCUT2D eigenvalue weighted by atomic mass is 9.74. The van der Waals surface area contributed by atoms with Gasteiger partial charge in [-0.2, -0.15) is 0 Å². The number of hydrogen-bond donors (Lipinski definition) is 1. The lowest BCUT2D eigenvalue weighted by Crippen LogP contribution is -2.47. The van der Waals surface area contributed by atoms with Crippen LogP contribution in [0.25, 0.3) is 0 Å². The maximum absolute atomic E-state index is 6.08. The molecule has 0 atom stereocenters. The Hall–Kier alpha value is -0.570. The number of hydrogen-bond acceptors (Lipinski definition) is 2. The lowest BCUT2D eigenvalue weighted by molar-refractivity contribution is 0.125. The number of nitrogens with zero attached hydrogens (tertiary/aromatic N) is 1. The van der Waals surface area contributed by atoms with Crippen molar-refractivity contribution in [1.82, 2.24) is 10.2 Å². The highest BCUT2D eigenvalue weighted by Gasteiger charge is 2.33. The normalized spacial score (nSPS) is 29.1. The molecule has 116 valence electrons. The second kappa shape index (κ2) is 6.28. The van der Waals surface area contributed by atoms with Gasteiger partial charge < -0.3 is 10.2 Å². The topological polar surface area (TPSA) is 15.3 Å². The van der Waals surface area contributed by atoms with E-state index >= 15 is 0 Å². The van der Waals surface area contributed by atoms with Crippen LogP contribution in [0.4, 0.5) is 0 Å². The van der Waals surface area contributed by atoms with Gasteiger partial charge >= 0.3 is 0 Å². The van der Waals surface area contributed by atoms with E-state index in [1.807, 2.05) is 6.07 Å². The molecule has 1 aromatic carbocycles. The zero-order chi connectivity index (χ0) is 14.9. The fraction of sp³-hybridized carbons (Fsp3) is 0.667. The van der Waals surface area contributed by atoms with Crippen molar-refractivity contribution in [3.05, 3.63) is 34.9 Å². The summed E-state index contributed by atoms with van der Waals surface area (Å²) in [4.78, 5) is 2.44. The Labute approximate surface area is 133 Å². The second-order valence-electron chi connectivity index (χ2n) is 7.42. The van der Waals surface area contributed by atoms with Gasteiger partial charge in [-0.15, -0.1) is 0 Å². The second-order valence-corrected chi connectivity index (χ2v) is 7.85. The molecule has 1 heterocycles. The molecule has 0 aromatic heterocycles. The van der Waals surface area contributed by atoms with Crippen molar-refractivity contribution in [2.75, 3.05) is 26.7 Å². The van der Waals surface area contributed by atoms with E-state index in [1.165, 1.54) is 50.9 Å². The molecular formula is C18H27ClN2. The van der Waals surface area contributed by atoms with E-state index in [0.29, 0.717) is 17.4 Å². The first kappa shape index (κ1) is 15.3. The van der Waals surface area contributed by atoms with Gasteiger partial charge in [0.1, 0.15) is 0 Å². The van der Waals surface area contributed by atoms with Crippen LogP contribution in [0.15, 0.2) is 24.3 Å². The molecule has 2 fully saturated rings. The Morgan fingerprint density at radius 3 is 2.67 bits per heavy atom. The van der Waals surface area contributed by atoms with Gasteiger partial charge in [-0.05, 0) is 74.8 Å². The summed E-state index contributed by atoms with van der Waals surface area (Å²) in [7, 11) is 2.23. The third-order valence-corrected chi connectivity index (χ3v) is 5.70. The van der Waals surface area contributed by atoms with Gasteiger partial charge in [-0.25, -0.2) is 0 Å². The van der Waals surface area contributed by atoms with Gasteiger partial charge in [0.25, 0.3) is 0 Å². The van der Waals surface area contributed by atoms with Crippen LogP contribution in [0.2, 0.25) is 5.02 Å². The summed E-state index contributed by atoms with van der Waals surface area (Å²) in [5, 5.41) is 4.67. The molecule has 0 spiro atoms. The van der Waals surface area contributed by atoms with Gasteiger partial charge in [0.2, 0.25) is 0 Å². The minimum absolute atomic E-state index is 0.494. The van der Waals surface area contributed by atoms with E-state index in [1.54, 1.807) is 0 Å². The quantitative estimate of drug-likeness (QED) is 0.907. The van der Waals surface area contributed by atoms with Crippen LogP contribution in [-0.4, -0.2) is 37.6 Å². The molecule has 0 unspecified atom stereocenters. The molecule has 1 aliphatic carbocycles. The van der Waals surface area contributed by atoms with Crippen LogP contribution < -0.4 is 5.32 Å². The van der Waals surface area contributed by atoms with E-state index in [0.717, 1.165) is 5.02 Å². The molecule has 3 rings (SSSR count). The van der Waals surface area contributed by atoms with Crippen molar-refractivity contribution in [1.29, 1.82) is 0 Å². The van der Waals surface area contributed by atoms with E-state index in [9.17, 15) is 0 Å². The molecule has 2 aliphatic rings. The van der Waals surface area contributed by atoms with Gasteiger partial charge in [-0.3, -0.25) is 0 Å². The average molecular weight is 307 g/mol.